The molecule has 3 rings (SSSR count). The van der Waals surface area contributed by atoms with Crippen LogP contribution in [0.2, 0.25) is 0 Å². The number of nitrogens with one attached hydrogen (secondary N) is 1. The standard InChI is InChI=1S/C20H32N4O5S2/c1-22(2)31(28,29)24-15-11-17(12-16-24)20(25)21-18-7-9-19(10-8-18)30(26,27)23-13-5-3-4-6-14-23/h7-10,17H,3-6,11-16H2,1-2H3,(H,21,25). The number of sulfonamides is 1. The van der Waals surface area contributed by atoms with Crippen LogP contribution in [0, 0.1) is 5.92 Å². The second-order valence-corrected chi connectivity index (χ2v) is 12.4. The monoisotopic (exact) mass is 472 g/mol. The molecule has 2 fully saturated rings. The summed E-state index contributed by atoms with van der Waals surface area (Å²) in [4.78, 5) is 12.8. The number of carbonyl (C=O) groups is 1. The van der Waals surface area contributed by atoms with Crippen molar-refractivity contribution in [3.8, 4) is 0 Å². The van der Waals surface area contributed by atoms with E-state index in [9.17, 15) is 21.6 Å². The molecule has 0 atom stereocenters. The van der Waals surface area contributed by atoms with E-state index in [4.69, 9.17) is 0 Å². The predicted molar refractivity (Wildman–Crippen MR) is 119 cm³/mol. The van der Waals surface area contributed by atoms with Gasteiger partial charge in [0.25, 0.3) is 10.2 Å². The van der Waals surface area contributed by atoms with Gasteiger partial charge < -0.3 is 5.32 Å². The van der Waals surface area contributed by atoms with Gasteiger partial charge in [-0.05, 0) is 49.9 Å². The molecule has 174 valence electrons. The van der Waals surface area contributed by atoms with Gasteiger partial charge in [0.1, 0.15) is 0 Å². The Morgan fingerprint density at radius 1 is 0.871 bits per heavy atom. The quantitative estimate of drug-likeness (QED) is 0.678. The molecule has 0 saturated carbocycles. The summed E-state index contributed by atoms with van der Waals surface area (Å²) in [5, 5.41) is 2.83. The molecule has 2 saturated heterocycles. The van der Waals surface area contributed by atoms with Crippen LogP contribution in [-0.4, -0.2) is 75.9 Å². The number of benzene rings is 1. The molecule has 0 unspecified atom stereocenters. The van der Waals surface area contributed by atoms with Crippen LogP contribution in [0.5, 0.6) is 0 Å². The third kappa shape index (κ3) is 5.64. The molecule has 2 aliphatic rings. The Morgan fingerprint density at radius 2 is 1.42 bits per heavy atom. The maximum Gasteiger partial charge on any atom is 0.281 e. The minimum atomic E-state index is -3.52. The van der Waals surface area contributed by atoms with Gasteiger partial charge in [0.2, 0.25) is 15.9 Å². The van der Waals surface area contributed by atoms with Gasteiger partial charge in [-0.2, -0.15) is 21.3 Å². The molecule has 11 heteroatoms. The topological polar surface area (TPSA) is 107 Å². The summed E-state index contributed by atoms with van der Waals surface area (Å²) in [6, 6.07) is 6.27. The summed E-state index contributed by atoms with van der Waals surface area (Å²) < 4.78 is 54.2. The Bertz CT molecular complexity index is 961. The van der Waals surface area contributed by atoms with Crippen molar-refractivity contribution in [2.75, 3.05) is 45.6 Å². The van der Waals surface area contributed by atoms with E-state index in [0.717, 1.165) is 25.7 Å². The lowest BCUT2D eigenvalue weighted by Gasteiger charge is -2.32. The summed E-state index contributed by atoms with van der Waals surface area (Å²) in [7, 11) is -4.01. The first-order chi connectivity index (χ1) is 14.6. The second-order valence-electron chi connectivity index (χ2n) is 8.30. The van der Waals surface area contributed by atoms with Crippen LogP contribution in [0.1, 0.15) is 38.5 Å². The molecule has 0 aliphatic carbocycles. The first kappa shape index (κ1) is 24.1. The second kappa shape index (κ2) is 9.95. The zero-order valence-electron chi connectivity index (χ0n) is 18.2. The van der Waals surface area contributed by atoms with Crippen molar-refractivity contribution >= 4 is 31.8 Å². The zero-order valence-corrected chi connectivity index (χ0v) is 19.8. The summed E-state index contributed by atoms with van der Waals surface area (Å²) in [5.74, 6) is -0.459. The van der Waals surface area contributed by atoms with Gasteiger partial charge in [-0.25, -0.2) is 8.42 Å². The number of nitrogens with zero attached hydrogens (tertiary/aromatic N) is 3. The van der Waals surface area contributed by atoms with Crippen LogP contribution in [0.3, 0.4) is 0 Å². The number of hydrogen-bond acceptors (Lipinski definition) is 5. The highest BCUT2D eigenvalue weighted by molar-refractivity contribution is 7.89. The molecule has 2 aliphatic heterocycles. The van der Waals surface area contributed by atoms with Crippen LogP contribution in [-0.2, 0) is 25.0 Å². The van der Waals surface area contributed by atoms with Gasteiger partial charge in [0.05, 0.1) is 4.90 Å². The van der Waals surface area contributed by atoms with E-state index in [1.54, 1.807) is 16.4 Å². The average molecular weight is 473 g/mol. The molecule has 9 nitrogen and oxygen atoms in total. The fourth-order valence-electron chi connectivity index (χ4n) is 3.97. The van der Waals surface area contributed by atoms with Crippen molar-refractivity contribution in [1.29, 1.82) is 0 Å². The Hall–Kier alpha value is -1.53. The molecule has 0 bridgehead atoms. The molecule has 2 heterocycles. The van der Waals surface area contributed by atoms with E-state index < -0.39 is 20.2 Å². The number of carbonyl (C=O) groups excluding carboxylic acids is 1. The van der Waals surface area contributed by atoms with Gasteiger partial charge in [0.15, 0.2) is 0 Å². The van der Waals surface area contributed by atoms with E-state index in [1.165, 1.54) is 34.8 Å². The van der Waals surface area contributed by atoms with E-state index in [2.05, 4.69) is 5.32 Å². The van der Waals surface area contributed by atoms with Gasteiger partial charge in [-0.3, -0.25) is 4.79 Å². The fourth-order valence-corrected chi connectivity index (χ4v) is 6.62. The number of piperidine rings is 1. The largest absolute Gasteiger partial charge is 0.326 e. The maximum atomic E-state index is 12.9. The van der Waals surface area contributed by atoms with Crippen molar-refractivity contribution in [1.82, 2.24) is 12.9 Å². The molecule has 1 N–H and O–H groups in total. The van der Waals surface area contributed by atoms with Crippen molar-refractivity contribution in [2.24, 2.45) is 5.92 Å². The third-order valence-electron chi connectivity index (χ3n) is 5.94. The van der Waals surface area contributed by atoms with Crippen LogP contribution in [0.4, 0.5) is 5.69 Å². The molecule has 1 amide bonds. The highest BCUT2D eigenvalue weighted by Gasteiger charge is 2.32. The Kier molecular flexibility index (Phi) is 7.74. The number of rotatable bonds is 6. The smallest absolute Gasteiger partial charge is 0.281 e. The van der Waals surface area contributed by atoms with Crippen molar-refractivity contribution in [3.05, 3.63) is 24.3 Å². The van der Waals surface area contributed by atoms with Gasteiger partial charge in [-0.1, -0.05) is 12.8 Å². The summed E-state index contributed by atoms with van der Waals surface area (Å²) >= 11 is 0. The van der Waals surface area contributed by atoms with Crippen LogP contribution >= 0.6 is 0 Å². The number of anilines is 1. The lowest BCUT2D eigenvalue weighted by atomic mass is 9.97. The van der Waals surface area contributed by atoms with Crippen LogP contribution in [0.25, 0.3) is 0 Å². The molecule has 1 aromatic rings. The lowest BCUT2D eigenvalue weighted by Crippen LogP contribution is -2.46. The Labute approximate surface area is 185 Å². The van der Waals surface area contributed by atoms with E-state index in [-0.39, 0.29) is 16.7 Å². The summed E-state index contributed by atoms with van der Waals surface area (Å²) in [5.41, 5.74) is 0.531. The van der Waals surface area contributed by atoms with Crippen LogP contribution < -0.4 is 5.32 Å². The summed E-state index contributed by atoms with van der Waals surface area (Å²) in [6.07, 6.45) is 4.75. The molecule has 1 aromatic carbocycles. The first-order valence-corrected chi connectivity index (χ1v) is 13.5. The highest BCUT2D eigenvalue weighted by Crippen LogP contribution is 2.24. The highest BCUT2D eigenvalue weighted by atomic mass is 32.2. The van der Waals surface area contributed by atoms with Crippen molar-refractivity contribution < 1.29 is 21.6 Å². The number of hydrogen-bond donors (Lipinski definition) is 1. The number of amides is 1. The lowest BCUT2D eigenvalue weighted by molar-refractivity contribution is -0.120. The molecule has 0 aromatic heterocycles. The SMILES string of the molecule is CN(C)S(=O)(=O)N1CCC(C(=O)Nc2ccc(S(=O)(=O)N3CCCCCC3)cc2)CC1. The Morgan fingerprint density at radius 3 is 1.94 bits per heavy atom. The molecular formula is C20H32N4O5S2. The van der Waals surface area contributed by atoms with E-state index >= 15 is 0 Å². The maximum absolute atomic E-state index is 12.9. The fraction of sp³-hybridized carbons (Fsp3) is 0.650. The average Bonchev–Trinajstić information content (AvgIpc) is 3.04. The van der Waals surface area contributed by atoms with Crippen molar-refractivity contribution in [2.45, 2.75) is 43.4 Å². The summed E-state index contributed by atoms with van der Waals surface area (Å²) in [6.45, 7) is 1.68. The first-order valence-electron chi connectivity index (χ1n) is 10.7. The molecule has 31 heavy (non-hydrogen) atoms. The molecular weight excluding hydrogens is 440 g/mol. The predicted octanol–water partition coefficient (Wildman–Crippen LogP) is 1.71. The van der Waals surface area contributed by atoms with Crippen molar-refractivity contribution in [3.63, 3.8) is 0 Å². The third-order valence-corrected chi connectivity index (χ3v) is 9.79. The van der Waals surface area contributed by atoms with E-state index in [0.29, 0.717) is 44.7 Å². The van der Waals surface area contributed by atoms with Gasteiger partial charge in [0, 0.05) is 51.9 Å². The zero-order chi connectivity index (χ0) is 22.6. The van der Waals surface area contributed by atoms with Gasteiger partial charge >= 0.3 is 0 Å². The minimum Gasteiger partial charge on any atom is -0.326 e. The minimum absolute atomic E-state index is 0.176. The van der Waals surface area contributed by atoms with Gasteiger partial charge in [-0.15, -0.1) is 0 Å². The Balaban J connectivity index is 1.58. The normalized spacial score (nSPS) is 20.5. The van der Waals surface area contributed by atoms with Crippen LogP contribution in [0.15, 0.2) is 29.2 Å². The molecule has 0 radical (unpaired) electrons. The molecule has 0 spiro atoms. The van der Waals surface area contributed by atoms with E-state index in [1.807, 2.05) is 0 Å².